The van der Waals surface area contributed by atoms with Crippen molar-refractivity contribution in [1.82, 2.24) is 14.8 Å². The van der Waals surface area contributed by atoms with Crippen LogP contribution in [0.25, 0.3) is 16.7 Å². The van der Waals surface area contributed by atoms with Gasteiger partial charge in [-0.25, -0.2) is 9.67 Å². The zero-order valence-corrected chi connectivity index (χ0v) is 18.2. The molecule has 0 saturated carbocycles. The van der Waals surface area contributed by atoms with Crippen molar-refractivity contribution in [3.05, 3.63) is 82.1 Å². The first kappa shape index (κ1) is 20.1. The molecular formula is C24H23ClN4O. The molecule has 30 heavy (non-hydrogen) atoms. The maximum atomic E-state index is 12.9. The average molecular weight is 419 g/mol. The van der Waals surface area contributed by atoms with E-state index in [1.807, 2.05) is 62.4 Å². The van der Waals surface area contributed by atoms with E-state index in [4.69, 9.17) is 11.6 Å². The fraction of sp³-hybridized carbons (Fsp3) is 0.208. The molecule has 0 spiro atoms. The Bertz CT molecular complexity index is 1230. The lowest BCUT2D eigenvalue weighted by molar-refractivity contribution is 0.102. The van der Waals surface area contributed by atoms with Gasteiger partial charge in [0.15, 0.2) is 5.65 Å². The van der Waals surface area contributed by atoms with Gasteiger partial charge in [0.2, 0.25) is 0 Å². The third-order valence-electron chi connectivity index (χ3n) is 5.17. The molecule has 2 heterocycles. The average Bonchev–Trinajstić information content (AvgIpc) is 3.06. The molecular weight excluding hydrogens is 396 g/mol. The summed E-state index contributed by atoms with van der Waals surface area (Å²) in [7, 11) is 0. The number of hydrogen-bond donors (Lipinski definition) is 1. The molecule has 0 aliphatic carbocycles. The van der Waals surface area contributed by atoms with Gasteiger partial charge in [-0.05, 0) is 49.6 Å². The number of benzene rings is 2. The van der Waals surface area contributed by atoms with Crippen LogP contribution in [-0.4, -0.2) is 20.7 Å². The van der Waals surface area contributed by atoms with Crippen LogP contribution in [0, 0.1) is 13.8 Å². The Labute approximate surface area is 180 Å². The smallest absolute Gasteiger partial charge is 0.258 e. The van der Waals surface area contributed by atoms with Gasteiger partial charge < -0.3 is 5.32 Å². The maximum absolute atomic E-state index is 12.9. The van der Waals surface area contributed by atoms with Crippen LogP contribution in [0.15, 0.2) is 54.7 Å². The SMILES string of the molecule is Cc1ccc(-n2nc(C)c3c(Cl)c(C(=O)Nc4ccc(C(C)C)cc4)cnc32)cc1. The first-order chi connectivity index (χ1) is 14.3. The minimum Gasteiger partial charge on any atom is -0.322 e. The van der Waals surface area contributed by atoms with Crippen molar-refractivity contribution in [2.45, 2.75) is 33.6 Å². The fourth-order valence-electron chi connectivity index (χ4n) is 3.38. The first-order valence-corrected chi connectivity index (χ1v) is 10.2. The molecule has 2 aromatic carbocycles. The Morgan fingerprint density at radius 2 is 1.70 bits per heavy atom. The van der Waals surface area contributed by atoms with E-state index in [1.54, 1.807) is 4.68 Å². The minimum absolute atomic E-state index is 0.297. The lowest BCUT2D eigenvalue weighted by Crippen LogP contribution is -2.13. The van der Waals surface area contributed by atoms with Crippen LogP contribution >= 0.6 is 11.6 Å². The fourth-order valence-corrected chi connectivity index (χ4v) is 3.74. The molecule has 1 amide bonds. The zero-order valence-electron chi connectivity index (χ0n) is 17.4. The summed E-state index contributed by atoms with van der Waals surface area (Å²) in [5, 5.41) is 8.54. The molecule has 5 nitrogen and oxygen atoms in total. The lowest BCUT2D eigenvalue weighted by Gasteiger charge is -2.10. The van der Waals surface area contributed by atoms with Crippen LogP contribution in [0.2, 0.25) is 5.02 Å². The molecule has 152 valence electrons. The van der Waals surface area contributed by atoms with Gasteiger partial charge in [0.05, 0.1) is 27.4 Å². The largest absolute Gasteiger partial charge is 0.322 e. The predicted molar refractivity (Wildman–Crippen MR) is 122 cm³/mol. The van der Waals surface area contributed by atoms with Crippen molar-refractivity contribution in [3.8, 4) is 5.69 Å². The molecule has 0 fully saturated rings. The molecule has 0 unspecified atom stereocenters. The number of aryl methyl sites for hydroxylation is 2. The number of carbonyl (C=O) groups is 1. The van der Waals surface area contributed by atoms with Crippen LogP contribution < -0.4 is 5.32 Å². The van der Waals surface area contributed by atoms with Gasteiger partial charge in [-0.2, -0.15) is 5.10 Å². The van der Waals surface area contributed by atoms with Crippen LogP contribution in [-0.2, 0) is 0 Å². The number of pyridine rings is 1. The van der Waals surface area contributed by atoms with Gasteiger partial charge in [0.1, 0.15) is 0 Å². The first-order valence-electron chi connectivity index (χ1n) is 9.87. The summed E-state index contributed by atoms with van der Waals surface area (Å²) in [6.07, 6.45) is 1.51. The minimum atomic E-state index is -0.297. The van der Waals surface area contributed by atoms with Gasteiger partial charge in [-0.1, -0.05) is 55.3 Å². The number of nitrogens with zero attached hydrogens (tertiary/aromatic N) is 3. The highest BCUT2D eigenvalue weighted by Gasteiger charge is 2.20. The normalized spacial score (nSPS) is 11.3. The van der Waals surface area contributed by atoms with E-state index in [1.165, 1.54) is 17.3 Å². The number of rotatable bonds is 4. The van der Waals surface area contributed by atoms with E-state index in [0.717, 1.165) is 11.4 Å². The van der Waals surface area contributed by atoms with Crippen molar-refractivity contribution in [1.29, 1.82) is 0 Å². The van der Waals surface area contributed by atoms with E-state index in [2.05, 4.69) is 29.2 Å². The summed E-state index contributed by atoms with van der Waals surface area (Å²) >= 11 is 6.65. The van der Waals surface area contributed by atoms with E-state index in [0.29, 0.717) is 33.2 Å². The second-order valence-electron chi connectivity index (χ2n) is 7.75. The van der Waals surface area contributed by atoms with Gasteiger partial charge in [-0.15, -0.1) is 0 Å². The summed E-state index contributed by atoms with van der Waals surface area (Å²) < 4.78 is 1.75. The molecule has 0 aliphatic heterocycles. The number of aromatic nitrogens is 3. The summed E-state index contributed by atoms with van der Waals surface area (Å²) in [5.74, 6) is 0.137. The molecule has 0 saturated heterocycles. The van der Waals surface area contributed by atoms with Crippen LogP contribution in [0.4, 0.5) is 5.69 Å². The molecule has 0 radical (unpaired) electrons. The standard InChI is InChI=1S/C24H23ClN4O/c1-14(2)17-7-9-18(10-8-17)27-24(30)20-13-26-23-21(22(20)25)16(4)28-29(23)19-11-5-15(3)6-12-19/h5-14H,1-4H3,(H,27,30). The highest BCUT2D eigenvalue weighted by Crippen LogP contribution is 2.30. The number of fused-ring (bicyclic) bond motifs is 1. The van der Waals surface area contributed by atoms with Crippen LogP contribution in [0.5, 0.6) is 0 Å². The Morgan fingerprint density at radius 3 is 2.33 bits per heavy atom. The van der Waals surface area contributed by atoms with Gasteiger partial charge >= 0.3 is 0 Å². The van der Waals surface area contributed by atoms with E-state index < -0.39 is 0 Å². The molecule has 0 atom stereocenters. The lowest BCUT2D eigenvalue weighted by atomic mass is 10.0. The van der Waals surface area contributed by atoms with E-state index >= 15 is 0 Å². The molecule has 4 aromatic rings. The Hall–Kier alpha value is -3.18. The molecule has 4 rings (SSSR count). The Morgan fingerprint density at radius 1 is 1.03 bits per heavy atom. The maximum Gasteiger partial charge on any atom is 0.258 e. The van der Waals surface area contributed by atoms with Gasteiger partial charge in [0, 0.05) is 11.9 Å². The summed E-state index contributed by atoms with van der Waals surface area (Å²) in [6, 6.07) is 15.8. The number of amides is 1. The third kappa shape index (κ3) is 3.68. The number of carbonyl (C=O) groups excluding carboxylic acids is 1. The summed E-state index contributed by atoms with van der Waals surface area (Å²) in [5.41, 5.74) is 5.66. The van der Waals surface area contributed by atoms with E-state index in [-0.39, 0.29) is 5.91 Å². The third-order valence-corrected chi connectivity index (χ3v) is 5.56. The molecule has 0 aliphatic rings. The van der Waals surface area contributed by atoms with Crippen molar-refractivity contribution in [2.75, 3.05) is 5.32 Å². The monoisotopic (exact) mass is 418 g/mol. The van der Waals surface area contributed by atoms with Gasteiger partial charge in [0.25, 0.3) is 5.91 Å². The van der Waals surface area contributed by atoms with Crippen molar-refractivity contribution in [2.24, 2.45) is 0 Å². The molecule has 1 N–H and O–H groups in total. The van der Waals surface area contributed by atoms with Crippen molar-refractivity contribution in [3.63, 3.8) is 0 Å². The Balaban J connectivity index is 1.68. The van der Waals surface area contributed by atoms with Crippen molar-refractivity contribution >= 4 is 34.2 Å². The number of anilines is 1. The van der Waals surface area contributed by atoms with Crippen molar-refractivity contribution < 1.29 is 4.79 Å². The van der Waals surface area contributed by atoms with Crippen LogP contribution in [0.3, 0.4) is 0 Å². The number of halogens is 1. The predicted octanol–water partition coefficient (Wildman–Crippen LogP) is 6.07. The second-order valence-corrected chi connectivity index (χ2v) is 8.13. The highest BCUT2D eigenvalue weighted by atomic mass is 35.5. The Kier molecular flexibility index (Phi) is 5.31. The topological polar surface area (TPSA) is 59.8 Å². The highest BCUT2D eigenvalue weighted by molar-refractivity contribution is 6.39. The molecule has 6 heteroatoms. The van der Waals surface area contributed by atoms with Gasteiger partial charge in [-0.3, -0.25) is 4.79 Å². The molecule has 2 aromatic heterocycles. The summed E-state index contributed by atoms with van der Waals surface area (Å²) in [6.45, 7) is 8.17. The number of hydrogen-bond acceptors (Lipinski definition) is 3. The molecule has 0 bridgehead atoms. The summed E-state index contributed by atoms with van der Waals surface area (Å²) in [4.78, 5) is 17.4. The quantitative estimate of drug-likeness (QED) is 0.437. The number of nitrogens with one attached hydrogen (secondary N) is 1. The zero-order chi connectivity index (χ0) is 21.4. The van der Waals surface area contributed by atoms with Crippen LogP contribution in [0.1, 0.15) is 46.9 Å². The second kappa shape index (κ2) is 7.92. The van der Waals surface area contributed by atoms with E-state index in [9.17, 15) is 4.79 Å².